The van der Waals surface area contributed by atoms with Crippen LogP contribution in [0.1, 0.15) is 38.1 Å². The van der Waals surface area contributed by atoms with E-state index in [0.717, 1.165) is 31.5 Å². The molecule has 25 heavy (non-hydrogen) atoms. The van der Waals surface area contributed by atoms with Gasteiger partial charge in [-0.05, 0) is 63.0 Å². The van der Waals surface area contributed by atoms with Crippen LogP contribution < -0.4 is 10.6 Å². The Morgan fingerprint density at radius 1 is 1.44 bits per heavy atom. The SMILES string of the molecule is CC(NC(=O)CCC1CCNC1)c1noc(-c2ccc(Cl)cc2)n1.Cl. The molecule has 6 nitrogen and oxygen atoms in total. The normalized spacial score (nSPS) is 17.8. The molecule has 0 saturated carbocycles. The molecule has 2 N–H and O–H groups in total. The summed E-state index contributed by atoms with van der Waals surface area (Å²) in [5.74, 6) is 1.51. The van der Waals surface area contributed by atoms with Crippen LogP contribution >= 0.6 is 24.0 Å². The molecule has 0 aliphatic carbocycles. The summed E-state index contributed by atoms with van der Waals surface area (Å²) in [5.41, 5.74) is 0.797. The molecule has 0 bridgehead atoms. The highest BCUT2D eigenvalue weighted by Gasteiger charge is 2.19. The predicted molar refractivity (Wildman–Crippen MR) is 98.8 cm³/mol. The zero-order chi connectivity index (χ0) is 16.9. The van der Waals surface area contributed by atoms with Crippen molar-refractivity contribution < 1.29 is 9.32 Å². The standard InChI is InChI=1S/C17H21ClN4O2.ClH/c1-11(20-15(23)7-2-12-8-9-19-10-12)16-21-17(24-22-16)13-3-5-14(18)6-4-13;/h3-6,11-12,19H,2,7-10H2,1H3,(H,20,23);1H. The van der Waals surface area contributed by atoms with Gasteiger partial charge in [0.15, 0.2) is 5.82 Å². The molecule has 136 valence electrons. The molecule has 1 aliphatic heterocycles. The summed E-state index contributed by atoms with van der Waals surface area (Å²) in [6, 6.07) is 6.88. The number of nitrogens with zero attached hydrogens (tertiary/aromatic N) is 2. The number of benzene rings is 1. The third-order valence-corrected chi connectivity index (χ3v) is 4.49. The molecular formula is C17H22Cl2N4O2. The summed E-state index contributed by atoms with van der Waals surface area (Å²) in [5, 5.41) is 10.9. The molecule has 2 heterocycles. The van der Waals surface area contributed by atoms with E-state index in [9.17, 15) is 4.79 Å². The van der Waals surface area contributed by atoms with Gasteiger partial charge in [0.1, 0.15) is 0 Å². The van der Waals surface area contributed by atoms with E-state index in [-0.39, 0.29) is 24.4 Å². The molecule has 1 aromatic carbocycles. The fourth-order valence-corrected chi connectivity index (χ4v) is 2.92. The maximum absolute atomic E-state index is 12.1. The van der Waals surface area contributed by atoms with Crippen molar-refractivity contribution in [3.05, 3.63) is 35.1 Å². The number of halogens is 2. The summed E-state index contributed by atoms with van der Waals surface area (Å²) >= 11 is 5.87. The molecule has 1 aromatic heterocycles. The van der Waals surface area contributed by atoms with Crippen LogP contribution in [0.5, 0.6) is 0 Å². The molecule has 1 amide bonds. The number of hydrogen-bond acceptors (Lipinski definition) is 5. The van der Waals surface area contributed by atoms with Crippen LogP contribution in [0, 0.1) is 5.92 Å². The van der Waals surface area contributed by atoms with Crippen LogP contribution in [-0.4, -0.2) is 29.1 Å². The van der Waals surface area contributed by atoms with Gasteiger partial charge in [0.25, 0.3) is 5.89 Å². The second kappa shape index (κ2) is 9.17. The highest BCUT2D eigenvalue weighted by Crippen LogP contribution is 2.21. The van der Waals surface area contributed by atoms with E-state index in [1.54, 1.807) is 12.1 Å². The van der Waals surface area contributed by atoms with Crippen molar-refractivity contribution in [2.75, 3.05) is 13.1 Å². The molecule has 8 heteroatoms. The minimum absolute atomic E-state index is 0. The van der Waals surface area contributed by atoms with Crippen LogP contribution in [0.4, 0.5) is 0 Å². The van der Waals surface area contributed by atoms with Gasteiger partial charge in [-0.15, -0.1) is 12.4 Å². The van der Waals surface area contributed by atoms with E-state index in [2.05, 4.69) is 20.8 Å². The smallest absolute Gasteiger partial charge is 0.257 e. The molecule has 2 unspecified atom stereocenters. The van der Waals surface area contributed by atoms with Gasteiger partial charge in [-0.3, -0.25) is 4.79 Å². The first kappa shape index (κ1) is 19.7. The molecule has 2 aromatic rings. The van der Waals surface area contributed by atoms with Crippen molar-refractivity contribution in [1.29, 1.82) is 0 Å². The largest absolute Gasteiger partial charge is 0.346 e. The Kier molecular flexibility index (Phi) is 7.23. The van der Waals surface area contributed by atoms with Gasteiger partial charge in [0.2, 0.25) is 5.91 Å². The van der Waals surface area contributed by atoms with Gasteiger partial charge in [-0.1, -0.05) is 16.8 Å². The fraction of sp³-hybridized carbons (Fsp3) is 0.471. The quantitative estimate of drug-likeness (QED) is 0.797. The van der Waals surface area contributed by atoms with Crippen molar-refractivity contribution in [2.24, 2.45) is 5.92 Å². The number of carbonyl (C=O) groups is 1. The fourth-order valence-electron chi connectivity index (χ4n) is 2.79. The van der Waals surface area contributed by atoms with E-state index >= 15 is 0 Å². The number of hydrogen-bond donors (Lipinski definition) is 2. The Labute approximate surface area is 158 Å². The number of carbonyl (C=O) groups excluding carboxylic acids is 1. The number of aromatic nitrogens is 2. The summed E-state index contributed by atoms with van der Waals surface area (Å²) in [6.45, 7) is 3.92. The van der Waals surface area contributed by atoms with Crippen molar-refractivity contribution in [3.8, 4) is 11.5 Å². The van der Waals surface area contributed by atoms with Crippen LogP contribution in [0.25, 0.3) is 11.5 Å². The average Bonchev–Trinajstić information content (AvgIpc) is 3.25. The number of nitrogens with one attached hydrogen (secondary N) is 2. The third-order valence-electron chi connectivity index (χ3n) is 4.24. The Bertz CT molecular complexity index is 684. The van der Waals surface area contributed by atoms with E-state index in [1.807, 2.05) is 19.1 Å². The van der Waals surface area contributed by atoms with Gasteiger partial charge >= 0.3 is 0 Å². The Hall–Kier alpha value is -1.63. The first-order valence-electron chi connectivity index (χ1n) is 8.21. The van der Waals surface area contributed by atoms with Crippen molar-refractivity contribution >= 4 is 29.9 Å². The number of amides is 1. The average molecular weight is 385 g/mol. The molecule has 0 radical (unpaired) electrons. The summed E-state index contributed by atoms with van der Waals surface area (Å²) < 4.78 is 5.27. The first-order valence-corrected chi connectivity index (χ1v) is 8.59. The minimum Gasteiger partial charge on any atom is -0.346 e. The lowest BCUT2D eigenvalue weighted by Crippen LogP contribution is -2.27. The summed E-state index contributed by atoms with van der Waals surface area (Å²) in [4.78, 5) is 16.4. The maximum Gasteiger partial charge on any atom is 0.257 e. The summed E-state index contributed by atoms with van der Waals surface area (Å²) in [7, 11) is 0. The van der Waals surface area contributed by atoms with Gasteiger partial charge in [0, 0.05) is 17.0 Å². The van der Waals surface area contributed by atoms with Gasteiger partial charge < -0.3 is 15.2 Å². The topological polar surface area (TPSA) is 80.0 Å². The highest BCUT2D eigenvalue weighted by atomic mass is 35.5. The lowest BCUT2D eigenvalue weighted by atomic mass is 10.0. The summed E-state index contributed by atoms with van der Waals surface area (Å²) in [6.07, 6.45) is 2.59. The maximum atomic E-state index is 12.1. The number of rotatable bonds is 6. The van der Waals surface area contributed by atoms with Gasteiger partial charge in [-0.25, -0.2) is 0 Å². The predicted octanol–water partition coefficient (Wildman–Crippen LogP) is 3.38. The van der Waals surface area contributed by atoms with E-state index in [1.165, 1.54) is 0 Å². The Morgan fingerprint density at radius 2 is 2.20 bits per heavy atom. The second-order valence-corrected chi connectivity index (χ2v) is 6.59. The second-order valence-electron chi connectivity index (χ2n) is 6.15. The molecule has 1 aliphatic rings. The molecule has 1 fully saturated rings. The molecular weight excluding hydrogens is 363 g/mol. The Balaban J connectivity index is 0.00000225. The van der Waals surface area contributed by atoms with Crippen molar-refractivity contribution in [2.45, 2.75) is 32.2 Å². The van der Waals surface area contributed by atoms with E-state index in [0.29, 0.717) is 29.1 Å². The lowest BCUT2D eigenvalue weighted by molar-refractivity contribution is -0.122. The highest BCUT2D eigenvalue weighted by molar-refractivity contribution is 6.30. The molecule has 3 rings (SSSR count). The van der Waals surface area contributed by atoms with Crippen molar-refractivity contribution in [3.63, 3.8) is 0 Å². The zero-order valence-corrected chi connectivity index (χ0v) is 15.6. The lowest BCUT2D eigenvalue weighted by Gasteiger charge is -2.11. The van der Waals surface area contributed by atoms with Crippen LogP contribution in [-0.2, 0) is 4.79 Å². The molecule has 1 saturated heterocycles. The monoisotopic (exact) mass is 384 g/mol. The Morgan fingerprint density at radius 3 is 2.88 bits per heavy atom. The zero-order valence-electron chi connectivity index (χ0n) is 14.0. The van der Waals surface area contributed by atoms with E-state index < -0.39 is 0 Å². The minimum atomic E-state index is -0.288. The molecule has 0 spiro atoms. The van der Waals surface area contributed by atoms with Crippen LogP contribution in [0.2, 0.25) is 5.02 Å². The first-order chi connectivity index (χ1) is 11.6. The molecule has 2 atom stereocenters. The van der Waals surface area contributed by atoms with E-state index in [4.69, 9.17) is 16.1 Å². The van der Waals surface area contributed by atoms with Crippen LogP contribution in [0.15, 0.2) is 28.8 Å². The third kappa shape index (κ3) is 5.42. The van der Waals surface area contributed by atoms with Gasteiger partial charge in [0.05, 0.1) is 6.04 Å². The van der Waals surface area contributed by atoms with Gasteiger partial charge in [-0.2, -0.15) is 4.98 Å². The van der Waals surface area contributed by atoms with Crippen LogP contribution in [0.3, 0.4) is 0 Å². The van der Waals surface area contributed by atoms with Crippen molar-refractivity contribution in [1.82, 2.24) is 20.8 Å².